The molecule has 19 heavy (non-hydrogen) atoms. The van der Waals surface area contributed by atoms with Gasteiger partial charge in [-0.15, -0.1) is 11.3 Å². The Labute approximate surface area is 114 Å². The Bertz CT molecular complexity index is 655. The summed E-state index contributed by atoms with van der Waals surface area (Å²) in [6.07, 6.45) is 0. The van der Waals surface area contributed by atoms with Crippen molar-refractivity contribution in [1.82, 2.24) is 5.32 Å². The molecule has 4 nitrogen and oxygen atoms in total. The maximum atomic E-state index is 11.6. The van der Waals surface area contributed by atoms with Crippen LogP contribution >= 0.6 is 11.3 Å². The van der Waals surface area contributed by atoms with Crippen molar-refractivity contribution in [2.45, 2.75) is 6.54 Å². The lowest BCUT2D eigenvalue weighted by molar-refractivity contribution is 0.251. The first kappa shape index (κ1) is 11.8. The van der Waals surface area contributed by atoms with E-state index in [1.165, 1.54) is 11.3 Å². The standard InChI is InChI=1S/C14H12N2O2S/c17-14(16-13-6-3-7-19-13)15-9-11-8-10-4-1-2-5-12(10)18-11/h1-8H,9H2,(H2,15,16,17). The summed E-state index contributed by atoms with van der Waals surface area (Å²) in [5, 5.41) is 9.29. The highest BCUT2D eigenvalue weighted by atomic mass is 32.1. The first-order chi connectivity index (χ1) is 9.31. The fourth-order valence-electron chi connectivity index (χ4n) is 1.80. The SMILES string of the molecule is O=C(NCc1cc2ccccc2o1)Nc1cccs1. The summed E-state index contributed by atoms with van der Waals surface area (Å²) >= 11 is 1.48. The molecular formula is C14H12N2O2S. The van der Waals surface area contributed by atoms with Gasteiger partial charge in [0.15, 0.2) is 0 Å². The highest BCUT2D eigenvalue weighted by Gasteiger charge is 2.06. The molecule has 0 atom stereocenters. The van der Waals surface area contributed by atoms with Crippen molar-refractivity contribution in [2.75, 3.05) is 5.32 Å². The molecule has 3 aromatic rings. The van der Waals surface area contributed by atoms with Crippen molar-refractivity contribution in [1.29, 1.82) is 0 Å². The maximum Gasteiger partial charge on any atom is 0.320 e. The molecule has 0 saturated carbocycles. The van der Waals surface area contributed by atoms with Gasteiger partial charge in [0.05, 0.1) is 11.5 Å². The summed E-state index contributed by atoms with van der Waals surface area (Å²) in [6.45, 7) is 0.367. The van der Waals surface area contributed by atoms with Gasteiger partial charge in [0.1, 0.15) is 11.3 Å². The van der Waals surface area contributed by atoms with Gasteiger partial charge in [-0.05, 0) is 29.6 Å². The van der Waals surface area contributed by atoms with E-state index in [0.29, 0.717) is 6.54 Å². The molecule has 2 amide bonds. The normalized spacial score (nSPS) is 10.5. The van der Waals surface area contributed by atoms with Crippen LogP contribution in [0.15, 0.2) is 52.3 Å². The van der Waals surface area contributed by atoms with Gasteiger partial charge >= 0.3 is 6.03 Å². The molecule has 5 heteroatoms. The first-order valence-electron chi connectivity index (χ1n) is 5.87. The van der Waals surface area contributed by atoms with E-state index in [1.807, 2.05) is 47.8 Å². The summed E-state index contributed by atoms with van der Waals surface area (Å²) in [6, 6.07) is 13.2. The van der Waals surface area contributed by atoms with Crippen LogP contribution in [0.2, 0.25) is 0 Å². The van der Waals surface area contributed by atoms with Crippen LogP contribution in [-0.4, -0.2) is 6.03 Å². The lowest BCUT2D eigenvalue weighted by atomic mass is 10.2. The van der Waals surface area contributed by atoms with Crippen molar-refractivity contribution in [2.24, 2.45) is 0 Å². The second-order valence-electron chi connectivity index (χ2n) is 4.04. The van der Waals surface area contributed by atoms with Crippen molar-refractivity contribution >= 4 is 33.3 Å². The van der Waals surface area contributed by atoms with Gasteiger partial charge in [0, 0.05) is 5.39 Å². The number of benzene rings is 1. The van der Waals surface area contributed by atoms with Gasteiger partial charge in [0.2, 0.25) is 0 Å². The molecule has 2 aromatic heterocycles. The monoisotopic (exact) mass is 272 g/mol. The van der Waals surface area contributed by atoms with E-state index >= 15 is 0 Å². The fourth-order valence-corrected chi connectivity index (χ4v) is 2.41. The third-order valence-corrected chi connectivity index (χ3v) is 3.44. The molecule has 0 bridgehead atoms. The number of para-hydroxylation sites is 1. The van der Waals surface area contributed by atoms with Crippen LogP contribution < -0.4 is 10.6 Å². The number of furan rings is 1. The summed E-state index contributed by atoms with van der Waals surface area (Å²) in [4.78, 5) is 11.6. The number of urea groups is 1. The smallest absolute Gasteiger partial charge is 0.320 e. The zero-order valence-corrected chi connectivity index (χ0v) is 10.9. The Hall–Kier alpha value is -2.27. The molecule has 0 fully saturated rings. The molecule has 96 valence electrons. The summed E-state index contributed by atoms with van der Waals surface area (Å²) in [5.41, 5.74) is 0.831. The minimum atomic E-state index is -0.233. The Morgan fingerprint density at radius 2 is 2.11 bits per heavy atom. The molecule has 0 spiro atoms. The van der Waals surface area contributed by atoms with Gasteiger partial charge in [-0.2, -0.15) is 0 Å². The van der Waals surface area contributed by atoms with Crippen LogP contribution in [0.25, 0.3) is 11.0 Å². The number of carbonyl (C=O) groups excluding carboxylic acids is 1. The van der Waals surface area contributed by atoms with Gasteiger partial charge in [0.25, 0.3) is 0 Å². The number of hydrogen-bond acceptors (Lipinski definition) is 3. The Kier molecular flexibility index (Phi) is 3.20. The fraction of sp³-hybridized carbons (Fsp3) is 0.0714. The highest BCUT2D eigenvalue weighted by molar-refractivity contribution is 7.14. The van der Waals surface area contributed by atoms with E-state index < -0.39 is 0 Å². The van der Waals surface area contributed by atoms with Crippen LogP contribution in [0.3, 0.4) is 0 Å². The number of amides is 2. The van der Waals surface area contributed by atoms with Crippen molar-refractivity contribution in [3.63, 3.8) is 0 Å². The third-order valence-electron chi connectivity index (χ3n) is 2.66. The molecule has 0 saturated heterocycles. The Morgan fingerprint density at radius 3 is 2.89 bits per heavy atom. The second-order valence-corrected chi connectivity index (χ2v) is 4.98. The number of fused-ring (bicyclic) bond motifs is 1. The lowest BCUT2D eigenvalue weighted by Gasteiger charge is -2.03. The summed E-state index contributed by atoms with van der Waals surface area (Å²) < 4.78 is 5.61. The minimum absolute atomic E-state index is 0.233. The Morgan fingerprint density at radius 1 is 1.21 bits per heavy atom. The van der Waals surface area contributed by atoms with E-state index in [9.17, 15) is 4.79 Å². The van der Waals surface area contributed by atoms with E-state index in [4.69, 9.17) is 4.42 Å². The quantitative estimate of drug-likeness (QED) is 0.761. The van der Waals surface area contributed by atoms with Crippen LogP contribution in [-0.2, 0) is 6.54 Å². The van der Waals surface area contributed by atoms with E-state index in [2.05, 4.69) is 10.6 Å². The molecule has 2 heterocycles. The number of carbonyl (C=O) groups is 1. The van der Waals surface area contributed by atoms with Crippen LogP contribution in [0.5, 0.6) is 0 Å². The third kappa shape index (κ3) is 2.77. The number of hydrogen-bond donors (Lipinski definition) is 2. The number of nitrogens with one attached hydrogen (secondary N) is 2. The molecule has 0 aliphatic heterocycles. The molecular weight excluding hydrogens is 260 g/mol. The predicted octanol–water partition coefficient (Wildman–Crippen LogP) is 3.82. The van der Waals surface area contributed by atoms with E-state index in [1.54, 1.807) is 0 Å². The van der Waals surface area contributed by atoms with Crippen LogP contribution in [0.4, 0.5) is 9.80 Å². The molecule has 0 unspecified atom stereocenters. The lowest BCUT2D eigenvalue weighted by Crippen LogP contribution is -2.27. The highest BCUT2D eigenvalue weighted by Crippen LogP contribution is 2.18. The van der Waals surface area contributed by atoms with Gasteiger partial charge in [-0.1, -0.05) is 18.2 Å². The van der Waals surface area contributed by atoms with E-state index in [-0.39, 0.29) is 6.03 Å². The largest absolute Gasteiger partial charge is 0.459 e. The van der Waals surface area contributed by atoms with Crippen LogP contribution in [0, 0.1) is 0 Å². The van der Waals surface area contributed by atoms with Crippen molar-refractivity contribution < 1.29 is 9.21 Å². The number of thiophene rings is 1. The van der Waals surface area contributed by atoms with Crippen molar-refractivity contribution in [3.8, 4) is 0 Å². The predicted molar refractivity (Wildman–Crippen MR) is 76.4 cm³/mol. The molecule has 1 aromatic carbocycles. The first-order valence-corrected chi connectivity index (χ1v) is 6.75. The molecule has 3 rings (SSSR count). The topological polar surface area (TPSA) is 54.3 Å². The Balaban J connectivity index is 1.61. The minimum Gasteiger partial charge on any atom is -0.459 e. The molecule has 0 aliphatic rings. The zero-order chi connectivity index (χ0) is 13.1. The molecule has 0 aliphatic carbocycles. The molecule has 0 radical (unpaired) electrons. The van der Waals surface area contributed by atoms with Crippen molar-refractivity contribution in [3.05, 3.63) is 53.6 Å². The van der Waals surface area contributed by atoms with Crippen LogP contribution in [0.1, 0.15) is 5.76 Å². The van der Waals surface area contributed by atoms with Gasteiger partial charge in [-0.25, -0.2) is 4.79 Å². The number of anilines is 1. The van der Waals surface area contributed by atoms with E-state index in [0.717, 1.165) is 21.7 Å². The summed E-state index contributed by atoms with van der Waals surface area (Å²) in [5.74, 6) is 0.738. The molecule has 2 N–H and O–H groups in total. The average Bonchev–Trinajstić information content (AvgIpc) is 3.04. The average molecular weight is 272 g/mol. The van der Waals surface area contributed by atoms with Gasteiger partial charge < -0.3 is 9.73 Å². The second kappa shape index (κ2) is 5.16. The van der Waals surface area contributed by atoms with Gasteiger partial charge in [-0.3, -0.25) is 5.32 Å². The zero-order valence-electron chi connectivity index (χ0n) is 10.1. The maximum absolute atomic E-state index is 11.6. The summed E-state index contributed by atoms with van der Waals surface area (Å²) in [7, 11) is 0. The number of rotatable bonds is 3.